The van der Waals surface area contributed by atoms with Gasteiger partial charge in [-0.15, -0.1) is 0 Å². The first-order valence-electron chi connectivity index (χ1n) is 33.8. The highest BCUT2D eigenvalue weighted by atomic mass is 32.1. The van der Waals surface area contributed by atoms with Crippen LogP contribution in [0.2, 0.25) is 0 Å². The molecule has 28 nitrogen and oxygen atoms in total. The summed E-state index contributed by atoms with van der Waals surface area (Å²) in [4.78, 5) is 137. The molecule has 29 heteroatoms. The van der Waals surface area contributed by atoms with Crippen LogP contribution < -0.4 is 56.2 Å². The fourth-order valence-electron chi connectivity index (χ4n) is 11.9. The van der Waals surface area contributed by atoms with Crippen LogP contribution in [0.25, 0.3) is 0 Å². The molecule has 0 radical (unpaired) electrons. The number of benzene rings is 1. The van der Waals surface area contributed by atoms with Crippen molar-refractivity contribution in [2.24, 2.45) is 40.0 Å². The van der Waals surface area contributed by atoms with E-state index in [1.165, 1.54) is 55.1 Å². The number of aldehydes is 1. The Balaban J connectivity index is 0.000000159. The Bertz CT molecular complexity index is 3910. The van der Waals surface area contributed by atoms with Gasteiger partial charge in [0.15, 0.2) is 6.29 Å². The van der Waals surface area contributed by atoms with E-state index in [9.17, 15) is 47.9 Å². The number of ether oxygens (including phenoxy) is 3. The van der Waals surface area contributed by atoms with Crippen molar-refractivity contribution in [3.05, 3.63) is 143 Å². The summed E-state index contributed by atoms with van der Waals surface area (Å²) in [6.07, 6.45) is 19.4. The molecule has 5 aromatic rings. The minimum absolute atomic E-state index is 0.104. The molecule has 2 aliphatic heterocycles. The van der Waals surface area contributed by atoms with Crippen LogP contribution in [0.1, 0.15) is 194 Å². The molecule has 6 saturated carbocycles. The lowest BCUT2D eigenvalue weighted by molar-refractivity contribution is -0.141. The Kier molecular flexibility index (Phi) is 26.6. The van der Waals surface area contributed by atoms with E-state index in [-0.39, 0.29) is 65.7 Å². The highest BCUT2D eigenvalue weighted by Crippen LogP contribution is 2.41. The molecule has 95 heavy (non-hydrogen) atoms. The van der Waals surface area contributed by atoms with Gasteiger partial charge in [0.1, 0.15) is 29.6 Å². The maximum absolute atomic E-state index is 12.7. The first-order valence-corrected chi connectivity index (χ1v) is 34.2. The van der Waals surface area contributed by atoms with Crippen molar-refractivity contribution in [1.29, 1.82) is 0 Å². The van der Waals surface area contributed by atoms with E-state index in [0.717, 1.165) is 110 Å². The third kappa shape index (κ3) is 20.8. The summed E-state index contributed by atoms with van der Waals surface area (Å²) in [5.41, 5.74) is -0.702. The summed E-state index contributed by atoms with van der Waals surface area (Å²) >= 11 is 4.93. The monoisotopic (exact) mass is 1340 g/mol. The average Bonchev–Trinajstić information content (AvgIpc) is 1.67. The highest BCUT2D eigenvalue weighted by molar-refractivity contribution is 7.80. The number of nitrogens with one attached hydrogen (secondary N) is 3. The summed E-state index contributed by atoms with van der Waals surface area (Å²) in [7, 11) is 10.2. The minimum Gasteiger partial charge on any atom is -0.383 e. The van der Waals surface area contributed by atoms with Gasteiger partial charge >= 0.3 is 45.5 Å². The molecule has 3 N–H and O–H groups in total. The summed E-state index contributed by atoms with van der Waals surface area (Å²) in [5.74, 6) is 4.89. The summed E-state index contributed by atoms with van der Waals surface area (Å²) in [6.45, 7) is 9.33. The second-order valence-corrected chi connectivity index (χ2v) is 26.2. The number of fused-ring (bicyclic) bond motifs is 2. The third-order valence-electron chi connectivity index (χ3n) is 18.3. The smallest absolute Gasteiger partial charge is 0.353 e. The van der Waals surface area contributed by atoms with Crippen molar-refractivity contribution < 1.29 is 23.8 Å². The number of nitrogens with zero attached hydrogens (tertiary/aromatic N) is 12. The van der Waals surface area contributed by atoms with Gasteiger partial charge in [-0.25, -0.2) is 52.1 Å². The number of carbonyl (C=O) groups is 2. The molecule has 2 saturated heterocycles. The summed E-state index contributed by atoms with van der Waals surface area (Å²) in [6, 6.07) is 9.52. The zero-order valence-electron chi connectivity index (χ0n) is 56.6. The Morgan fingerprint density at radius 2 is 1.05 bits per heavy atom. The molecule has 6 aliphatic carbocycles. The number of rotatable bonds is 23. The number of piperidine rings is 1. The van der Waals surface area contributed by atoms with E-state index in [0.29, 0.717) is 98.3 Å². The lowest BCUT2D eigenvalue weighted by Crippen LogP contribution is -2.47. The fourth-order valence-corrected chi connectivity index (χ4v) is 12.1. The molecule has 1 aromatic carbocycles. The SMILES string of the molecule is CCOC(CCn1c(=O)nc(C2CC2)n(C)c1=O)OCC.CNC(=O)C1CC1.CNC(=S)C1CC1.Cc1ccccc1COC1CC2CCC(C1)N2CCCn1c(=O)nc(C2CC2)n(C)c1=O.Cn1c(C2CC2)nc(=O)[nH]c1=O.Cn1c(C2CC2)nc(=O)n(CCC=O)c1=O. The second-order valence-electron chi connectivity index (χ2n) is 25.8. The van der Waals surface area contributed by atoms with Crippen molar-refractivity contribution in [2.75, 3.05) is 33.9 Å². The number of amides is 1. The summed E-state index contributed by atoms with van der Waals surface area (Å²) < 4.78 is 26.5. The average molecular weight is 1340 g/mol. The van der Waals surface area contributed by atoms with Crippen LogP contribution in [0.3, 0.4) is 0 Å². The zero-order chi connectivity index (χ0) is 68.6. The van der Waals surface area contributed by atoms with Gasteiger partial charge in [0, 0.05) is 142 Å². The number of aryl methyl sites for hydroxylation is 1. The van der Waals surface area contributed by atoms with Crippen LogP contribution in [-0.2, 0) is 78.2 Å². The Labute approximate surface area is 556 Å². The number of hydrogen-bond acceptors (Lipinski definition) is 19. The predicted octanol–water partition coefficient (Wildman–Crippen LogP) is 3.18. The summed E-state index contributed by atoms with van der Waals surface area (Å²) in [5, 5.41) is 5.55. The molecule has 13 rings (SSSR count). The fraction of sp³-hybridized carbons (Fsp3) is 0.682. The minimum atomic E-state index is -0.549. The predicted molar refractivity (Wildman–Crippen MR) is 360 cm³/mol. The lowest BCUT2D eigenvalue weighted by atomic mass is 9.99. The van der Waals surface area contributed by atoms with Crippen LogP contribution in [0.15, 0.2) is 62.6 Å². The van der Waals surface area contributed by atoms with Crippen LogP contribution in [-0.4, -0.2) is 137 Å². The van der Waals surface area contributed by atoms with E-state index >= 15 is 0 Å². The third-order valence-corrected chi connectivity index (χ3v) is 18.8. The molecule has 2 atom stereocenters. The van der Waals surface area contributed by atoms with E-state index in [2.05, 4.69) is 71.6 Å². The van der Waals surface area contributed by atoms with Crippen LogP contribution in [0, 0.1) is 18.8 Å². The molecule has 8 fully saturated rings. The normalized spacial score (nSPS) is 19.2. The molecular weight excluding hydrogens is 1240 g/mol. The molecule has 2 bridgehead atoms. The van der Waals surface area contributed by atoms with Gasteiger partial charge in [-0.1, -0.05) is 36.5 Å². The van der Waals surface area contributed by atoms with E-state index in [1.807, 2.05) is 20.9 Å². The maximum Gasteiger partial charge on any atom is 0.353 e. The van der Waals surface area contributed by atoms with E-state index in [4.69, 9.17) is 26.4 Å². The molecule has 8 aliphatic rings. The van der Waals surface area contributed by atoms with E-state index in [1.54, 1.807) is 39.8 Å². The van der Waals surface area contributed by atoms with Gasteiger partial charge in [-0.05, 0) is 141 Å². The Hall–Kier alpha value is -7.47. The largest absolute Gasteiger partial charge is 0.383 e. The lowest BCUT2D eigenvalue weighted by Gasteiger charge is -2.39. The Morgan fingerprint density at radius 1 is 0.600 bits per heavy atom. The number of hydrogen-bond donors (Lipinski definition) is 3. The highest BCUT2D eigenvalue weighted by Gasteiger charge is 2.41. The standard InChI is InChI=1S/C25H34N4O3.C14H23N3O4.C10H13N3O3.C7H9N3O2.C5H9NO.C5H9NS/c1-17-6-3-4-7-19(17)16-32-22-14-20-10-11-21(15-22)28(20)12-5-13-29-24(30)26-23(18-8-9-18)27(2)25(29)31;1-4-20-11(21-5-2)8-9-17-13(18)15-12(10-6-7-10)16(3)14(17)19;1-12-8(7-3-4-7)11-9(15)13(10(12)16)5-2-6-14;1-10-5(4-2-3-4)8-6(11)9-7(10)12;2*1-6-5(7)4-2-3-4/h3-4,6-7,18,20-22H,5,8-16H2,1-2H3;10-11H,4-9H2,1-3H3;6-7H,2-5H2,1H3;4H,2-3H2,1H3,(H,9,11,12);2*4H,2-3H2,1H3,(H,6,7). The molecule has 0 spiro atoms. The van der Waals surface area contributed by atoms with E-state index < -0.39 is 23.4 Å². The first-order chi connectivity index (χ1) is 45.6. The van der Waals surface area contributed by atoms with Gasteiger partial charge in [-0.3, -0.25) is 32.9 Å². The second kappa shape index (κ2) is 34.5. The quantitative estimate of drug-likeness (QED) is 0.0480. The van der Waals surface area contributed by atoms with Crippen LogP contribution in [0.5, 0.6) is 0 Å². The van der Waals surface area contributed by atoms with Crippen molar-refractivity contribution >= 4 is 29.4 Å². The van der Waals surface area contributed by atoms with Crippen molar-refractivity contribution in [2.45, 2.75) is 217 Å². The van der Waals surface area contributed by atoms with Crippen LogP contribution in [0.4, 0.5) is 0 Å². The van der Waals surface area contributed by atoms with Crippen molar-refractivity contribution in [3.63, 3.8) is 0 Å². The topological polar surface area (TPSA) is 328 Å². The maximum atomic E-state index is 12.7. The number of aromatic amines is 1. The van der Waals surface area contributed by atoms with Crippen molar-refractivity contribution in [1.82, 2.24) is 72.4 Å². The molecule has 520 valence electrons. The van der Waals surface area contributed by atoms with Gasteiger partial charge in [0.2, 0.25) is 5.91 Å². The first kappa shape index (κ1) is 73.3. The number of thiocarbonyl (C=S) groups is 1. The van der Waals surface area contributed by atoms with Crippen LogP contribution >= 0.6 is 12.2 Å². The van der Waals surface area contributed by atoms with Gasteiger partial charge in [0.25, 0.3) is 0 Å². The van der Waals surface area contributed by atoms with Gasteiger partial charge in [0.05, 0.1) is 17.7 Å². The molecule has 4 aromatic heterocycles. The van der Waals surface area contributed by atoms with Gasteiger partial charge in [-0.2, -0.15) is 19.9 Å². The number of H-pyrrole nitrogens is 1. The number of carbonyl (C=O) groups excluding carboxylic acids is 2. The molecule has 2 unspecified atom stereocenters. The Morgan fingerprint density at radius 3 is 1.45 bits per heavy atom. The molecule has 6 heterocycles. The zero-order valence-corrected chi connectivity index (χ0v) is 57.4. The number of aromatic nitrogens is 12. The molecular formula is C66H97N15O13S. The molecule has 1 amide bonds. The van der Waals surface area contributed by atoms with Gasteiger partial charge < -0.3 is 29.6 Å². The van der Waals surface area contributed by atoms with Crippen molar-refractivity contribution in [3.8, 4) is 0 Å².